The monoisotopic (exact) mass is 271 g/mol. The van der Waals surface area contributed by atoms with Crippen LogP contribution in [0.15, 0.2) is 48.5 Å². The summed E-state index contributed by atoms with van der Waals surface area (Å²) in [4.78, 5) is 2.04. The van der Waals surface area contributed by atoms with Crippen LogP contribution >= 0.6 is 0 Å². The van der Waals surface area contributed by atoms with Gasteiger partial charge < -0.3 is 14.7 Å². The Morgan fingerprint density at radius 1 is 1.05 bits per heavy atom. The van der Waals surface area contributed by atoms with Crippen molar-refractivity contribution in [1.82, 2.24) is 0 Å². The molecule has 0 aliphatic heterocycles. The molecule has 0 fully saturated rings. The van der Waals surface area contributed by atoms with Crippen LogP contribution in [0.5, 0.6) is 5.75 Å². The molecule has 2 rings (SSSR count). The molecule has 0 bridgehead atoms. The van der Waals surface area contributed by atoms with E-state index >= 15 is 0 Å². The van der Waals surface area contributed by atoms with E-state index < -0.39 is 6.10 Å². The Kier molecular flexibility index (Phi) is 4.64. The fraction of sp³-hybridized carbons (Fsp3) is 0.294. The second kappa shape index (κ2) is 6.44. The summed E-state index contributed by atoms with van der Waals surface area (Å²) in [6.07, 6.45) is 0.0215. The third kappa shape index (κ3) is 3.31. The number of anilines is 1. The standard InChI is InChI=1S/C17H21NO2/c1-18(2)15-10-8-13(9-11-15)16(19)12-14-6-4-5-7-17(14)20-3/h4-11,16,19H,12H2,1-3H3. The summed E-state index contributed by atoms with van der Waals surface area (Å²) in [6.45, 7) is 0. The van der Waals surface area contributed by atoms with E-state index in [2.05, 4.69) is 0 Å². The molecule has 1 atom stereocenters. The fourth-order valence-corrected chi connectivity index (χ4v) is 2.19. The second-order valence-corrected chi connectivity index (χ2v) is 5.02. The van der Waals surface area contributed by atoms with E-state index in [0.29, 0.717) is 6.42 Å². The maximum absolute atomic E-state index is 10.4. The Morgan fingerprint density at radius 3 is 2.30 bits per heavy atom. The first-order valence-electron chi connectivity index (χ1n) is 6.69. The van der Waals surface area contributed by atoms with E-state index in [4.69, 9.17) is 4.74 Å². The van der Waals surface area contributed by atoms with Crippen molar-refractivity contribution < 1.29 is 9.84 Å². The van der Waals surface area contributed by atoms with E-state index in [1.165, 1.54) is 0 Å². The van der Waals surface area contributed by atoms with Gasteiger partial charge in [0.15, 0.2) is 0 Å². The lowest BCUT2D eigenvalue weighted by atomic mass is 10.0. The van der Waals surface area contributed by atoms with Crippen molar-refractivity contribution >= 4 is 5.69 Å². The third-order valence-corrected chi connectivity index (χ3v) is 3.40. The van der Waals surface area contributed by atoms with Gasteiger partial charge in [-0.2, -0.15) is 0 Å². The number of aliphatic hydroxyl groups is 1. The van der Waals surface area contributed by atoms with Gasteiger partial charge in [0.1, 0.15) is 5.75 Å². The number of aliphatic hydroxyl groups excluding tert-OH is 1. The molecular formula is C17H21NO2. The van der Waals surface area contributed by atoms with Gasteiger partial charge in [0, 0.05) is 26.2 Å². The van der Waals surface area contributed by atoms with Crippen LogP contribution in [0.1, 0.15) is 17.2 Å². The number of ether oxygens (including phenoxy) is 1. The number of nitrogens with zero attached hydrogens (tertiary/aromatic N) is 1. The summed E-state index contributed by atoms with van der Waals surface area (Å²) in [5.74, 6) is 0.816. The molecule has 2 aromatic carbocycles. The number of hydrogen-bond donors (Lipinski definition) is 1. The molecular weight excluding hydrogens is 250 g/mol. The highest BCUT2D eigenvalue weighted by Crippen LogP contribution is 2.25. The lowest BCUT2D eigenvalue weighted by Crippen LogP contribution is -2.09. The SMILES string of the molecule is COc1ccccc1CC(O)c1ccc(N(C)C)cc1. The summed E-state index contributed by atoms with van der Waals surface area (Å²) in [7, 11) is 5.65. The molecule has 0 saturated heterocycles. The Balaban J connectivity index is 2.13. The van der Waals surface area contributed by atoms with Gasteiger partial charge in [-0.25, -0.2) is 0 Å². The number of hydrogen-bond acceptors (Lipinski definition) is 3. The van der Waals surface area contributed by atoms with Crippen molar-refractivity contribution in [3.05, 3.63) is 59.7 Å². The number of rotatable bonds is 5. The Morgan fingerprint density at radius 2 is 1.70 bits per heavy atom. The molecule has 20 heavy (non-hydrogen) atoms. The minimum Gasteiger partial charge on any atom is -0.496 e. The summed E-state index contributed by atoms with van der Waals surface area (Å²) in [5.41, 5.74) is 3.05. The van der Waals surface area contributed by atoms with Crippen LogP contribution in [-0.2, 0) is 6.42 Å². The zero-order valence-electron chi connectivity index (χ0n) is 12.2. The van der Waals surface area contributed by atoms with Crippen LogP contribution < -0.4 is 9.64 Å². The zero-order valence-corrected chi connectivity index (χ0v) is 12.2. The molecule has 3 heteroatoms. The predicted molar refractivity (Wildman–Crippen MR) is 82.4 cm³/mol. The van der Waals surface area contributed by atoms with Gasteiger partial charge in [0.2, 0.25) is 0 Å². The molecule has 2 aromatic rings. The smallest absolute Gasteiger partial charge is 0.122 e. The minimum absolute atomic E-state index is 0.525. The van der Waals surface area contributed by atoms with Gasteiger partial charge in [-0.1, -0.05) is 30.3 Å². The third-order valence-electron chi connectivity index (χ3n) is 3.40. The van der Waals surface area contributed by atoms with Crippen LogP contribution in [0.2, 0.25) is 0 Å². The number of para-hydroxylation sites is 1. The lowest BCUT2D eigenvalue weighted by Gasteiger charge is -2.16. The zero-order chi connectivity index (χ0) is 14.5. The van der Waals surface area contributed by atoms with Crippen molar-refractivity contribution in [1.29, 1.82) is 0 Å². The molecule has 0 aliphatic rings. The van der Waals surface area contributed by atoms with Gasteiger partial charge in [-0.3, -0.25) is 0 Å². The Hall–Kier alpha value is -2.00. The van der Waals surface area contributed by atoms with Crippen LogP contribution in [0, 0.1) is 0 Å². The lowest BCUT2D eigenvalue weighted by molar-refractivity contribution is 0.177. The molecule has 0 radical (unpaired) electrons. The quantitative estimate of drug-likeness (QED) is 0.907. The Bertz CT molecular complexity index is 549. The van der Waals surface area contributed by atoms with E-state index in [9.17, 15) is 5.11 Å². The average Bonchev–Trinajstić information content (AvgIpc) is 2.48. The minimum atomic E-state index is -0.525. The predicted octanol–water partition coefficient (Wildman–Crippen LogP) is 3.04. The summed E-state index contributed by atoms with van der Waals surface area (Å²) < 4.78 is 5.31. The van der Waals surface area contributed by atoms with Gasteiger partial charge in [0.05, 0.1) is 13.2 Å². The largest absolute Gasteiger partial charge is 0.496 e. The Labute approximate surface area is 120 Å². The molecule has 106 valence electrons. The summed E-state index contributed by atoms with van der Waals surface area (Å²) in [5, 5.41) is 10.4. The van der Waals surface area contributed by atoms with Crippen LogP contribution in [-0.4, -0.2) is 26.3 Å². The van der Waals surface area contributed by atoms with E-state index in [-0.39, 0.29) is 0 Å². The number of methoxy groups -OCH3 is 1. The highest BCUT2D eigenvalue weighted by molar-refractivity contribution is 5.46. The first kappa shape index (κ1) is 14.4. The van der Waals surface area contributed by atoms with Crippen molar-refractivity contribution in [2.75, 3.05) is 26.1 Å². The highest BCUT2D eigenvalue weighted by atomic mass is 16.5. The van der Waals surface area contributed by atoms with Crippen molar-refractivity contribution in [2.24, 2.45) is 0 Å². The van der Waals surface area contributed by atoms with E-state index in [1.54, 1.807) is 7.11 Å². The van der Waals surface area contributed by atoms with Crippen LogP contribution in [0.25, 0.3) is 0 Å². The van der Waals surface area contributed by atoms with Crippen molar-refractivity contribution in [3.63, 3.8) is 0 Å². The molecule has 0 spiro atoms. The first-order valence-corrected chi connectivity index (χ1v) is 6.69. The first-order chi connectivity index (χ1) is 9.61. The summed E-state index contributed by atoms with van der Waals surface area (Å²) in [6, 6.07) is 15.8. The molecule has 0 amide bonds. The molecule has 0 aliphatic carbocycles. The fourth-order valence-electron chi connectivity index (χ4n) is 2.19. The van der Waals surface area contributed by atoms with Gasteiger partial charge in [-0.05, 0) is 29.3 Å². The molecule has 0 heterocycles. The van der Waals surface area contributed by atoms with Crippen molar-refractivity contribution in [2.45, 2.75) is 12.5 Å². The molecule has 1 unspecified atom stereocenters. The maximum atomic E-state index is 10.4. The molecule has 0 saturated carbocycles. The molecule has 3 nitrogen and oxygen atoms in total. The average molecular weight is 271 g/mol. The van der Waals surface area contributed by atoms with Gasteiger partial charge in [0.25, 0.3) is 0 Å². The van der Waals surface area contributed by atoms with Crippen LogP contribution in [0.3, 0.4) is 0 Å². The van der Waals surface area contributed by atoms with E-state index in [1.807, 2.05) is 67.5 Å². The number of benzene rings is 2. The normalized spacial score (nSPS) is 12.0. The van der Waals surface area contributed by atoms with Crippen LogP contribution in [0.4, 0.5) is 5.69 Å². The molecule has 1 N–H and O–H groups in total. The second-order valence-electron chi connectivity index (χ2n) is 5.02. The van der Waals surface area contributed by atoms with Gasteiger partial charge in [-0.15, -0.1) is 0 Å². The van der Waals surface area contributed by atoms with Gasteiger partial charge >= 0.3 is 0 Å². The maximum Gasteiger partial charge on any atom is 0.122 e. The topological polar surface area (TPSA) is 32.7 Å². The van der Waals surface area contributed by atoms with E-state index in [0.717, 1.165) is 22.6 Å². The summed E-state index contributed by atoms with van der Waals surface area (Å²) >= 11 is 0. The van der Waals surface area contributed by atoms with Crippen molar-refractivity contribution in [3.8, 4) is 5.75 Å². The molecule has 0 aromatic heterocycles. The highest BCUT2D eigenvalue weighted by Gasteiger charge is 2.11.